The summed E-state index contributed by atoms with van der Waals surface area (Å²) in [4.78, 5) is 9.00. The van der Waals surface area contributed by atoms with Crippen LogP contribution in [0.5, 0.6) is 0 Å². The van der Waals surface area contributed by atoms with Crippen LogP contribution in [0.15, 0.2) is 36.6 Å². The largest absolute Gasteiger partial charge is 0.504 e. The molecule has 1 N–H and O–H groups in total. The fraction of sp³-hybridized carbons (Fsp3) is 0.182. The van der Waals surface area contributed by atoms with Gasteiger partial charge in [0.1, 0.15) is 0 Å². The van der Waals surface area contributed by atoms with E-state index in [2.05, 4.69) is 0 Å². The number of rotatable bonds is 2. The van der Waals surface area contributed by atoms with Crippen molar-refractivity contribution in [1.29, 1.82) is 0 Å². The molecule has 0 fully saturated rings. The van der Waals surface area contributed by atoms with E-state index in [-0.39, 0.29) is 0 Å². The standard InChI is InChI=1S/C9H10O.C2H4O2/c1-10-8-7-9-5-3-2-4-6-9;1-2(3)4/h2-8H,1H3;1H3,(H,3,4). The van der Waals surface area contributed by atoms with Crippen molar-refractivity contribution in [3.8, 4) is 0 Å². The summed E-state index contributed by atoms with van der Waals surface area (Å²) in [6, 6.07) is 10.0. The van der Waals surface area contributed by atoms with Gasteiger partial charge < -0.3 is 9.84 Å². The highest BCUT2D eigenvalue weighted by Crippen LogP contribution is 1.99. The van der Waals surface area contributed by atoms with E-state index in [1.807, 2.05) is 36.4 Å². The Morgan fingerprint density at radius 1 is 1.36 bits per heavy atom. The summed E-state index contributed by atoms with van der Waals surface area (Å²) < 4.78 is 4.77. The molecule has 14 heavy (non-hydrogen) atoms. The van der Waals surface area contributed by atoms with Crippen molar-refractivity contribution in [2.24, 2.45) is 0 Å². The summed E-state index contributed by atoms with van der Waals surface area (Å²) in [7, 11) is 1.64. The number of carboxylic acid groups (broad SMARTS) is 1. The highest BCUT2D eigenvalue weighted by molar-refractivity contribution is 5.62. The zero-order chi connectivity index (χ0) is 10.8. The molecular formula is C11H14O3. The first-order valence-corrected chi connectivity index (χ1v) is 4.10. The highest BCUT2D eigenvalue weighted by atomic mass is 16.5. The first-order chi connectivity index (χ1) is 6.66. The Bertz CT molecular complexity index is 274. The Hall–Kier alpha value is -1.77. The van der Waals surface area contributed by atoms with Gasteiger partial charge in [0.05, 0.1) is 13.4 Å². The lowest BCUT2D eigenvalue weighted by atomic mass is 10.2. The van der Waals surface area contributed by atoms with Gasteiger partial charge in [-0.05, 0) is 11.6 Å². The van der Waals surface area contributed by atoms with Crippen molar-refractivity contribution >= 4 is 12.0 Å². The Morgan fingerprint density at radius 3 is 2.29 bits per heavy atom. The smallest absolute Gasteiger partial charge is 0.300 e. The van der Waals surface area contributed by atoms with Gasteiger partial charge in [-0.15, -0.1) is 0 Å². The third kappa shape index (κ3) is 8.33. The maximum atomic E-state index is 9.00. The molecule has 3 heteroatoms. The Labute approximate surface area is 83.6 Å². The van der Waals surface area contributed by atoms with E-state index >= 15 is 0 Å². The van der Waals surface area contributed by atoms with Crippen LogP contribution in [0.25, 0.3) is 6.08 Å². The van der Waals surface area contributed by atoms with Gasteiger partial charge >= 0.3 is 0 Å². The lowest BCUT2D eigenvalue weighted by Gasteiger charge is -1.89. The summed E-state index contributed by atoms with van der Waals surface area (Å²) in [6.45, 7) is 1.08. The van der Waals surface area contributed by atoms with Gasteiger partial charge in [0, 0.05) is 6.92 Å². The number of benzene rings is 1. The number of hydrogen-bond donors (Lipinski definition) is 1. The lowest BCUT2D eigenvalue weighted by molar-refractivity contribution is -0.134. The molecule has 1 aromatic carbocycles. The fourth-order valence-corrected chi connectivity index (χ4v) is 0.711. The van der Waals surface area contributed by atoms with E-state index in [1.54, 1.807) is 13.4 Å². The predicted octanol–water partition coefficient (Wildman–Crippen LogP) is 2.39. The normalized spacial score (nSPS) is 9.00. The number of ether oxygens (including phenoxy) is 1. The molecule has 0 heterocycles. The molecule has 0 atom stereocenters. The van der Waals surface area contributed by atoms with Crippen molar-refractivity contribution in [3.63, 3.8) is 0 Å². The van der Waals surface area contributed by atoms with Crippen LogP contribution < -0.4 is 0 Å². The Morgan fingerprint density at radius 2 is 1.86 bits per heavy atom. The molecule has 0 aliphatic carbocycles. The van der Waals surface area contributed by atoms with E-state index in [0.717, 1.165) is 12.5 Å². The Kier molecular flexibility index (Phi) is 6.86. The molecule has 0 spiro atoms. The van der Waals surface area contributed by atoms with Crippen molar-refractivity contribution in [2.75, 3.05) is 7.11 Å². The van der Waals surface area contributed by atoms with Crippen molar-refractivity contribution in [3.05, 3.63) is 42.2 Å². The van der Waals surface area contributed by atoms with E-state index in [4.69, 9.17) is 14.6 Å². The number of hydrogen-bond acceptors (Lipinski definition) is 2. The molecule has 0 saturated heterocycles. The summed E-state index contributed by atoms with van der Waals surface area (Å²) in [5.74, 6) is -0.833. The molecule has 1 rings (SSSR count). The zero-order valence-corrected chi connectivity index (χ0v) is 8.31. The molecule has 0 aliphatic heterocycles. The minimum Gasteiger partial charge on any atom is -0.504 e. The maximum Gasteiger partial charge on any atom is 0.300 e. The number of methoxy groups -OCH3 is 1. The van der Waals surface area contributed by atoms with Crippen molar-refractivity contribution < 1.29 is 14.6 Å². The predicted molar refractivity (Wildman–Crippen MR) is 55.8 cm³/mol. The van der Waals surface area contributed by atoms with E-state index in [0.29, 0.717) is 0 Å². The van der Waals surface area contributed by atoms with Crippen LogP contribution in [-0.4, -0.2) is 18.2 Å². The molecule has 76 valence electrons. The second-order valence-corrected chi connectivity index (χ2v) is 2.47. The van der Waals surface area contributed by atoms with Gasteiger partial charge in [-0.1, -0.05) is 30.3 Å². The number of aliphatic carboxylic acids is 1. The maximum absolute atomic E-state index is 9.00. The number of carboxylic acids is 1. The molecule has 0 saturated carbocycles. The Balaban J connectivity index is 0.000000364. The molecule has 0 aliphatic rings. The third-order valence-electron chi connectivity index (χ3n) is 1.20. The van der Waals surface area contributed by atoms with Crippen molar-refractivity contribution in [1.82, 2.24) is 0 Å². The van der Waals surface area contributed by atoms with Crippen LogP contribution in [-0.2, 0) is 9.53 Å². The van der Waals surface area contributed by atoms with Crippen molar-refractivity contribution in [2.45, 2.75) is 6.92 Å². The monoisotopic (exact) mass is 194 g/mol. The second-order valence-electron chi connectivity index (χ2n) is 2.47. The molecule has 0 unspecified atom stereocenters. The van der Waals surface area contributed by atoms with Crippen LogP contribution in [0.1, 0.15) is 12.5 Å². The van der Waals surface area contributed by atoms with Gasteiger partial charge in [0.15, 0.2) is 0 Å². The quantitative estimate of drug-likeness (QED) is 0.735. The first-order valence-electron chi connectivity index (χ1n) is 4.10. The average molecular weight is 194 g/mol. The minimum absolute atomic E-state index is 0.833. The molecule has 0 amide bonds. The SMILES string of the molecule is CC(=O)O.COC=Cc1ccccc1. The average Bonchev–Trinajstić information content (AvgIpc) is 2.15. The second kappa shape index (κ2) is 7.86. The van der Waals surface area contributed by atoms with E-state index in [9.17, 15) is 0 Å². The van der Waals surface area contributed by atoms with E-state index < -0.39 is 5.97 Å². The number of carbonyl (C=O) groups is 1. The fourth-order valence-electron chi connectivity index (χ4n) is 0.711. The van der Waals surface area contributed by atoms with Gasteiger partial charge in [-0.2, -0.15) is 0 Å². The first kappa shape index (κ1) is 12.2. The lowest BCUT2D eigenvalue weighted by Crippen LogP contribution is -1.78. The highest BCUT2D eigenvalue weighted by Gasteiger charge is 1.79. The summed E-state index contributed by atoms with van der Waals surface area (Å²) in [5.41, 5.74) is 1.16. The molecule has 3 nitrogen and oxygen atoms in total. The van der Waals surface area contributed by atoms with Crippen LogP contribution in [0.3, 0.4) is 0 Å². The molecule has 0 aromatic heterocycles. The van der Waals surface area contributed by atoms with Crippen LogP contribution in [0.2, 0.25) is 0 Å². The van der Waals surface area contributed by atoms with Gasteiger partial charge in [0.25, 0.3) is 5.97 Å². The van der Waals surface area contributed by atoms with Gasteiger partial charge in [-0.25, -0.2) is 0 Å². The minimum atomic E-state index is -0.833. The summed E-state index contributed by atoms with van der Waals surface area (Å²) in [5, 5.41) is 7.42. The van der Waals surface area contributed by atoms with Crippen LogP contribution in [0.4, 0.5) is 0 Å². The van der Waals surface area contributed by atoms with Gasteiger partial charge in [-0.3, -0.25) is 4.79 Å². The van der Waals surface area contributed by atoms with E-state index in [1.165, 1.54) is 0 Å². The topological polar surface area (TPSA) is 46.5 Å². The molecular weight excluding hydrogens is 180 g/mol. The summed E-state index contributed by atoms with van der Waals surface area (Å²) in [6.07, 6.45) is 3.58. The summed E-state index contributed by atoms with van der Waals surface area (Å²) >= 11 is 0. The molecule has 1 aromatic rings. The molecule has 0 bridgehead atoms. The zero-order valence-electron chi connectivity index (χ0n) is 8.31. The third-order valence-corrected chi connectivity index (χ3v) is 1.20. The van der Waals surface area contributed by atoms with Gasteiger partial charge in [0.2, 0.25) is 0 Å². The van der Waals surface area contributed by atoms with Crippen LogP contribution >= 0.6 is 0 Å². The van der Waals surface area contributed by atoms with Crippen LogP contribution in [0, 0.1) is 0 Å². The molecule has 0 radical (unpaired) electrons.